The monoisotopic (exact) mass is 227 g/mol. The van der Waals surface area contributed by atoms with E-state index in [0.717, 1.165) is 30.3 Å². The second kappa shape index (κ2) is 4.47. The summed E-state index contributed by atoms with van der Waals surface area (Å²) in [5, 5.41) is 1.09. The maximum absolute atomic E-state index is 5.64. The van der Waals surface area contributed by atoms with E-state index in [1.165, 1.54) is 4.88 Å². The molecule has 0 amide bonds. The Bertz CT molecular complexity index is 339. The molecule has 0 radical (unpaired) electrons. The third-order valence-corrected chi connectivity index (χ3v) is 4.06. The Morgan fingerprint density at radius 3 is 3.00 bits per heavy atom. The Kier molecular flexibility index (Phi) is 3.23. The van der Waals surface area contributed by atoms with Crippen LogP contribution in [0.1, 0.15) is 17.0 Å². The minimum Gasteiger partial charge on any atom is -0.380 e. The lowest BCUT2D eigenvalue weighted by molar-refractivity contribution is 0.121. The molecular formula is C10H17N3OS. The van der Waals surface area contributed by atoms with Gasteiger partial charge in [0.15, 0.2) is 5.13 Å². The fourth-order valence-corrected chi connectivity index (χ4v) is 2.81. The van der Waals surface area contributed by atoms with E-state index in [4.69, 9.17) is 10.5 Å². The summed E-state index contributed by atoms with van der Waals surface area (Å²) in [5.74, 6) is 0. The van der Waals surface area contributed by atoms with Gasteiger partial charge in [0.05, 0.1) is 11.8 Å². The van der Waals surface area contributed by atoms with Gasteiger partial charge in [0, 0.05) is 31.6 Å². The molecule has 84 valence electrons. The van der Waals surface area contributed by atoms with E-state index in [1.807, 2.05) is 6.92 Å². The number of anilines is 1. The van der Waals surface area contributed by atoms with Crippen molar-refractivity contribution in [1.29, 1.82) is 0 Å². The van der Waals surface area contributed by atoms with Gasteiger partial charge >= 0.3 is 0 Å². The lowest BCUT2D eigenvalue weighted by Crippen LogP contribution is -2.21. The predicted octanol–water partition coefficient (Wildman–Crippen LogP) is 1.14. The first-order valence-corrected chi connectivity index (χ1v) is 6.00. The van der Waals surface area contributed by atoms with Crippen LogP contribution >= 0.6 is 11.3 Å². The Labute approximate surface area is 94.1 Å². The van der Waals surface area contributed by atoms with Crippen LogP contribution in [0.15, 0.2) is 0 Å². The highest BCUT2D eigenvalue weighted by Gasteiger charge is 2.24. The van der Waals surface area contributed by atoms with Crippen LogP contribution in [-0.2, 0) is 11.3 Å². The highest BCUT2D eigenvalue weighted by atomic mass is 32.1. The van der Waals surface area contributed by atoms with E-state index in [-0.39, 0.29) is 0 Å². The largest absolute Gasteiger partial charge is 0.380 e. The van der Waals surface area contributed by atoms with Gasteiger partial charge in [-0.3, -0.25) is 0 Å². The third kappa shape index (κ3) is 2.14. The Morgan fingerprint density at radius 2 is 2.47 bits per heavy atom. The second-order valence-corrected chi connectivity index (χ2v) is 4.86. The third-order valence-electron chi connectivity index (χ3n) is 2.82. The molecular weight excluding hydrogens is 210 g/mol. The van der Waals surface area contributed by atoms with Gasteiger partial charge in [-0.15, -0.1) is 11.3 Å². The quantitative estimate of drug-likeness (QED) is 0.841. The van der Waals surface area contributed by atoms with Gasteiger partial charge < -0.3 is 15.4 Å². The van der Waals surface area contributed by atoms with Crippen LogP contribution in [0.5, 0.6) is 0 Å². The Morgan fingerprint density at radius 1 is 1.67 bits per heavy atom. The van der Waals surface area contributed by atoms with Gasteiger partial charge in [-0.2, -0.15) is 0 Å². The minimum atomic E-state index is 0.357. The molecule has 2 N–H and O–H groups in total. The highest BCUT2D eigenvalue weighted by molar-refractivity contribution is 7.15. The zero-order chi connectivity index (χ0) is 10.8. The lowest BCUT2D eigenvalue weighted by atomic mass is 10.3. The molecule has 2 heterocycles. The summed E-state index contributed by atoms with van der Waals surface area (Å²) in [6.07, 6.45) is 1.45. The smallest absolute Gasteiger partial charge is 0.185 e. The molecule has 2 rings (SSSR count). The van der Waals surface area contributed by atoms with Crippen molar-refractivity contribution < 1.29 is 4.74 Å². The van der Waals surface area contributed by atoms with Crippen LogP contribution in [-0.4, -0.2) is 31.3 Å². The highest BCUT2D eigenvalue weighted by Crippen LogP contribution is 2.28. The number of nitrogens with two attached hydrogens (primary N) is 1. The molecule has 1 aromatic rings. The van der Waals surface area contributed by atoms with Gasteiger partial charge in [0.25, 0.3) is 0 Å². The number of aryl methyl sites for hydroxylation is 1. The lowest BCUT2D eigenvalue weighted by Gasteiger charge is -2.13. The minimum absolute atomic E-state index is 0.357. The average molecular weight is 227 g/mol. The molecule has 4 nitrogen and oxygen atoms in total. The molecule has 0 saturated carbocycles. The van der Waals surface area contributed by atoms with Crippen molar-refractivity contribution in [2.24, 2.45) is 5.73 Å². The maximum atomic E-state index is 5.64. The maximum Gasteiger partial charge on any atom is 0.185 e. The molecule has 0 bridgehead atoms. The Hall–Kier alpha value is -0.650. The van der Waals surface area contributed by atoms with Gasteiger partial charge in [0.2, 0.25) is 0 Å². The van der Waals surface area contributed by atoms with E-state index in [1.54, 1.807) is 18.4 Å². The van der Waals surface area contributed by atoms with Crippen molar-refractivity contribution in [1.82, 2.24) is 4.98 Å². The van der Waals surface area contributed by atoms with Gasteiger partial charge in [-0.1, -0.05) is 0 Å². The SMILES string of the molecule is COC1CCN(c2nc(C)c(CN)s2)C1. The molecule has 0 aromatic carbocycles. The van der Waals surface area contributed by atoms with E-state index < -0.39 is 0 Å². The van der Waals surface area contributed by atoms with Gasteiger partial charge in [-0.05, 0) is 13.3 Å². The van der Waals surface area contributed by atoms with E-state index >= 15 is 0 Å². The van der Waals surface area contributed by atoms with E-state index in [0.29, 0.717) is 12.6 Å². The second-order valence-electron chi connectivity index (χ2n) is 3.80. The summed E-state index contributed by atoms with van der Waals surface area (Å²) in [5.41, 5.74) is 6.71. The first-order chi connectivity index (χ1) is 7.24. The number of rotatable bonds is 3. The van der Waals surface area contributed by atoms with Crippen LogP contribution in [0.2, 0.25) is 0 Å². The zero-order valence-electron chi connectivity index (χ0n) is 9.19. The Balaban J connectivity index is 2.10. The van der Waals surface area contributed by atoms with Crippen LogP contribution in [0, 0.1) is 6.92 Å². The van der Waals surface area contributed by atoms with Crippen molar-refractivity contribution in [3.05, 3.63) is 10.6 Å². The molecule has 1 unspecified atom stereocenters. The first-order valence-electron chi connectivity index (χ1n) is 5.18. The number of nitrogens with zero attached hydrogens (tertiary/aromatic N) is 2. The van der Waals surface area contributed by atoms with Crippen molar-refractivity contribution in [2.45, 2.75) is 26.0 Å². The number of methoxy groups -OCH3 is 1. The predicted molar refractivity (Wildman–Crippen MR) is 62.4 cm³/mol. The van der Waals surface area contributed by atoms with Crippen molar-refractivity contribution in [3.8, 4) is 0 Å². The summed E-state index contributed by atoms with van der Waals surface area (Å²) in [7, 11) is 1.77. The number of ether oxygens (including phenoxy) is 1. The van der Waals surface area contributed by atoms with Crippen LogP contribution < -0.4 is 10.6 Å². The normalized spacial score (nSPS) is 21.3. The molecule has 1 aromatic heterocycles. The average Bonchev–Trinajstić information content (AvgIpc) is 2.83. The molecule has 1 fully saturated rings. The molecule has 1 aliphatic rings. The topological polar surface area (TPSA) is 51.4 Å². The fraction of sp³-hybridized carbons (Fsp3) is 0.700. The molecule has 0 spiro atoms. The molecule has 15 heavy (non-hydrogen) atoms. The zero-order valence-corrected chi connectivity index (χ0v) is 10.0. The molecule has 5 heteroatoms. The van der Waals surface area contributed by atoms with Gasteiger partial charge in [-0.25, -0.2) is 4.98 Å². The fourth-order valence-electron chi connectivity index (χ4n) is 1.83. The van der Waals surface area contributed by atoms with E-state index in [9.17, 15) is 0 Å². The number of aromatic nitrogens is 1. The van der Waals surface area contributed by atoms with Gasteiger partial charge in [0.1, 0.15) is 0 Å². The standard InChI is InChI=1S/C10H17N3OS/c1-7-9(5-11)15-10(12-7)13-4-3-8(6-13)14-2/h8H,3-6,11H2,1-2H3. The summed E-state index contributed by atoms with van der Waals surface area (Å²) in [6, 6.07) is 0. The van der Waals surface area contributed by atoms with Crippen LogP contribution in [0.4, 0.5) is 5.13 Å². The molecule has 0 aliphatic carbocycles. The summed E-state index contributed by atoms with van der Waals surface area (Å²) in [6.45, 7) is 4.60. The van der Waals surface area contributed by atoms with Crippen LogP contribution in [0.3, 0.4) is 0 Å². The molecule has 1 saturated heterocycles. The van der Waals surface area contributed by atoms with Crippen molar-refractivity contribution >= 4 is 16.5 Å². The van der Waals surface area contributed by atoms with Crippen molar-refractivity contribution in [3.63, 3.8) is 0 Å². The molecule has 1 aliphatic heterocycles. The summed E-state index contributed by atoms with van der Waals surface area (Å²) >= 11 is 1.70. The number of hydrogen-bond acceptors (Lipinski definition) is 5. The molecule has 1 atom stereocenters. The van der Waals surface area contributed by atoms with Crippen LogP contribution in [0.25, 0.3) is 0 Å². The number of thiazole rings is 1. The van der Waals surface area contributed by atoms with E-state index in [2.05, 4.69) is 9.88 Å². The first kappa shape index (κ1) is 10.9. The summed E-state index contributed by atoms with van der Waals surface area (Å²) < 4.78 is 5.34. The van der Waals surface area contributed by atoms with Crippen molar-refractivity contribution in [2.75, 3.05) is 25.1 Å². The number of hydrogen-bond donors (Lipinski definition) is 1. The summed E-state index contributed by atoms with van der Waals surface area (Å²) in [4.78, 5) is 8.01.